The summed E-state index contributed by atoms with van der Waals surface area (Å²) in [5.41, 5.74) is 0.758. The van der Waals surface area contributed by atoms with E-state index in [1.165, 1.54) is 11.8 Å². The Morgan fingerprint density at radius 2 is 1.34 bits per heavy atom. The number of carbonyl (C=O) groups is 2. The summed E-state index contributed by atoms with van der Waals surface area (Å²) in [6.45, 7) is 0.203. The first-order chi connectivity index (χ1) is 18.4. The van der Waals surface area contributed by atoms with Crippen LogP contribution in [0.15, 0.2) is 78.9 Å². The Hall–Kier alpha value is -2.59. The molecule has 5 rings (SSSR count). The predicted octanol–water partition coefficient (Wildman–Crippen LogP) is 5.95. The minimum Gasteiger partial charge on any atom is -0.452 e. The highest BCUT2D eigenvalue weighted by Crippen LogP contribution is 2.39. The van der Waals surface area contributed by atoms with Crippen molar-refractivity contribution in [3.05, 3.63) is 106 Å². The van der Waals surface area contributed by atoms with E-state index < -0.39 is 48.1 Å². The number of hydrogen-bond donors (Lipinski definition) is 0. The zero-order valence-corrected chi connectivity index (χ0v) is 22.5. The van der Waals surface area contributed by atoms with Gasteiger partial charge in [0.25, 0.3) is 0 Å². The summed E-state index contributed by atoms with van der Waals surface area (Å²) in [6.07, 6.45) is -2.17. The first-order valence-electron chi connectivity index (χ1n) is 11.9. The van der Waals surface area contributed by atoms with Gasteiger partial charge in [0.2, 0.25) is 0 Å². The van der Waals surface area contributed by atoms with Crippen LogP contribution in [0.3, 0.4) is 0 Å². The van der Waals surface area contributed by atoms with Gasteiger partial charge in [-0.05, 0) is 54.8 Å². The van der Waals surface area contributed by atoms with E-state index in [0.29, 0.717) is 21.2 Å². The van der Waals surface area contributed by atoms with Crippen molar-refractivity contribution in [3.8, 4) is 0 Å². The Kier molecular flexibility index (Phi) is 8.57. The Bertz CT molecular complexity index is 1260. The van der Waals surface area contributed by atoms with Crippen molar-refractivity contribution in [1.29, 1.82) is 0 Å². The number of thioether (sulfide) groups is 1. The molecule has 10 heteroatoms. The fourth-order valence-corrected chi connectivity index (χ4v) is 5.32. The first-order valence-corrected chi connectivity index (χ1v) is 13.9. The molecule has 0 saturated carbocycles. The summed E-state index contributed by atoms with van der Waals surface area (Å²) < 4.78 is 30.4. The summed E-state index contributed by atoms with van der Waals surface area (Å²) in [4.78, 5) is 26.3. The van der Waals surface area contributed by atoms with E-state index in [1.54, 1.807) is 48.5 Å². The number of ether oxygens (including phenoxy) is 5. The van der Waals surface area contributed by atoms with Gasteiger partial charge in [-0.25, -0.2) is 9.59 Å². The van der Waals surface area contributed by atoms with Gasteiger partial charge >= 0.3 is 11.9 Å². The molecule has 0 amide bonds. The second-order valence-corrected chi connectivity index (χ2v) is 10.5. The maximum Gasteiger partial charge on any atom is 0.338 e. The fraction of sp³-hybridized carbons (Fsp3) is 0.286. The minimum atomic E-state index is -0.985. The van der Waals surface area contributed by atoms with Crippen LogP contribution in [0.5, 0.6) is 0 Å². The molecule has 3 aromatic rings. The van der Waals surface area contributed by atoms with Crippen LogP contribution in [0.4, 0.5) is 0 Å². The molecular formula is C28H24Cl2O7S. The molecule has 0 radical (unpaired) electrons. The number of fused-ring (bicyclic) bond motifs is 1. The molecule has 0 N–H and O–H groups in total. The maximum absolute atomic E-state index is 13.2. The smallest absolute Gasteiger partial charge is 0.338 e. The van der Waals surface area contributed by atoms with E-state index >= 15 is 0 Å². The molecule has 2 aliphatic heterocycles. The second-order valence-electron chi connectivity index (χ2n) is 8.71. The quantitative estimate of drug-likeness (QED) is 0.334. The summed E-state index contributed by atoms with van der Waals surface area (Å²) in [7, 11) is 0. The molecule has 2 fully saturated rings. The van der Waals surface area contributed by atoms with Crippen LogP contribution in [0.1, 0.15) is 32.6 Å². The van der Waals surface area contributed by atoms with Crippen molar-refractivity contribution < 1.29 is 33.3 Å². The van der Waals surface area contributed by atoms with Crippen molar-refractivity contribution in [1.82, 2.24) is 0 Å². The lowest BCUT2D eigenvalue weighted by molar-refractivity contribution is -0.317. The van der Waals surface area contributed by atoms with Crippen molar-refractivity contribution in [3.63, 3.8) is 0 Å². The summed E-state index contributed by atoms with van der Waals surface area (Å²) in [5.74, 6) is -1.21. The normalized spacial score (nSPS) is 26.7. The highest BCUT2D eigenvalue weighted by atomic mass is 35.5. The third-order valence-electron chi connectivity index (χ3n) is 6.23. The first kappa shape index (κ1) is 27.0. The largest absolute Gasteiger partial charge is 0.452 e. The molecule has 7 nitrogen and oxygen atoms in total. The number of halogens is 2. The van der Waals surface area contributed by atoms with Crippen LogP contribution in [0, 0.1) is 0 Å². The molecule has 0 aliphatic carbocycles. The Balaban J connectivity index is 1.46. The predicted molar refractivity (Wildman–Crippen MR) is 143 cm³/mol. The van der Waals surface area contributed by atoms with Gasteiger partial charge in [-0.15, -0.1) is 11.8 Å². The molecule has 0 spiro atoms. The summed E-state index contributed by atoms with van der Waals surface area (Å²) in [6, 6.07) is 22.1. The third-order valence-corrected chi connectivity index (χ3v) is 7.58. The van der Waals surface area contributed by atoms with Gasteiger partial charge in [0.15, 0.2) is 18.5 Å². The van der Waals surface area contributed by atoms with Crippen LogP contribution in [-0.4, -0.2) is 54.7 Å². The van der Waals surface area contributed by atoms with Gasteiger partial charge in [0.1, 0.15) is 17.6 Å². The van der Waals surface area contributed by atoms with Gasteiger partial charge in [-0.3, -0.25) is 0 Å². The third kappa shape index (κ3) is 6.01. The topological polar surface area (TPSA) is 80.3 Å². The van der Waals surface area contributed by atoms with E-state index in [9.17, 15) is 9.59 Å². The Morgan fingerprint density at radius 1 is 0.789 bits per heavy atom. The minimum absolute atomic E-state index is 0.203. The van der Waals surface area contributed by atoms with E-state index in [2.05, 4.69) is 0 Å². The molecule has 0 aromatic heterocycles. The zero-order valence-electron chi connectivity index (χ0n) is 20.2. The van der Waals surface area contributed by atoms with Crippen LogP contribution in [-0.2, 0) is 23.7 Å². The number of hydrogen-bond acceptors (Lipinski definition) is 8. The van der Waals surface area contributed by atoms with E-state index in [-0.39, 0.29) is 6.61 Å². The lowest BCUT2D eigenvalue weighted by Crippen LogP contribution is -2.63. The number of esters is 2. The summed E-state index contributed by atoms with van der Waals surface area (Å²) in [5, 5.41) is 0.980. The molecule has 0 bridgehead atoms. The highest BCUT2D eigenvalue weighted by molar-refractivity contribution is 7.99. The molecular weight excluding hydrogens is 551 g/mol. The molecule has 38 heavy (non-hydrogen) atoms. The van der Waals surface area contributed by atoms with E-state index in [1.807, 2.05) is 36.6 Å². The molecule has 3 aromatic carbocycles. The fourth-order valence-electron chi connectivity index (χ4n) is 4.33. The standard InChI is InChI=1S/C28H24Cl2O7S/c1-38-28-24(36-26(32)17-9-13-20(30)14-10-17)23(35-25(31)16-7-11-19(29)12-8-16)22-21(34-28)15-33-27(37-22)18-5-3-2-4-6-18/h2-14,21-24,27-28H,15H2,1H3/t21-,22+,23+,24-,27?,28?/m1/s1. The average molecular weight is 575 g/mol. The number of rotatable bonds is 6. The van der Waals surface area contributed by atoms with Crippen molar-refractivity contribution in [2.75, 3.05) is 12.9 Å². The Labute approximate surface area is 234 Å². The Morgan fingerprint density at radius 3 is 1.89 bits per heavy atom. The molecule has 2 aliphatic rings. The van der Waals surface area contributed by atoms with Crippen LogP contribution in [0.25, 0.3) is 0 Å². The molecule has 2 heterocycles. The lowest BCUT2D eigenvalue weighted by Gasteiger charge is -2.48. The SMILES string of the molecule is CSC1O[C@@H]2COC(c3ccccc3)O[C@@H]2[C@H](OC(=O)c2ccc(Cl)cc2)[C@H]1OC(=O)c1ccc(Cl)cc1. The summed E-state index contributed by atoms with van der Waals surface area (Å²) >= 11 is 13.3. The van der Waals surface area contributed by atoms with Crippen LogP contribution >= 0.6 is 35.0 Å². The van der Waals surface area contributed by atoms with Gasteiger partial charge in [-0.1, -0.05) is 53.5 Å². The zero-order chi connectivity index (χ0) is 26.6. The van der Waals surface area contributed by atoms with Crippen molar-refractivity contribution in [2.45, 2.75) is 36.1 Å². The molecule has 2 unspecified atom stereocenters. The van der Waals surface area contributed by atoms with Crippen molar-refractivity contribution >= 4 is 46.9 Å². The number of carbonyl (C=O) groups excluding carboxylic acids is 2. The highest BCUT2D eigenvalue weighted by Gasteiger charge is 2.53. The molecule has 198 valence electrons. The molecule has 2 saturated heterocycles. The lowest BCUT2D eigenvalue weighted by atomic mass is 9.98. The monoisotopic (exact) mass is 574 g/mol. The molecule has 6 atom stereocenters. The van der Waals surface area contributed by atoms with Gasteiger partial charge in [0, 0.05) is 15.6 Å². The van der Waals surface area contributed by atoms with E-state index in [0.717, 1.165) is 5.56 Å². The number of benzene rings is 3. The van der Waals surface area contributed by atoms with Gasteiger partial charge < -0.3 is 23.7 Å². The average Bonchev–Trinajstić information content (AvgIpc) is 2.94. The van der Waals surface area contributed by atoms with Crippen LogP contribution < -0.4 is 0 Å². The van der Waals surface area contributed by atoms with Gasteiger partial charge in [0.05, 0.1) is 17.7 Å². The van der Waals surface area contributed by atoms with Crippen molar-refractivity contribution in [2.24, 2.45) is 0 Å². The van der Waals surface area contributed by atoms with E-state index in [4.69, 9.17) is 46.9 Å². The van der Waals surface area contributed by atoms with Crippen LogP contribution in [0.2, 0.25) is 10.0 Å². The maximum atomic E-state index is 13.2. The van der Waals surface area contributed by atoms with Gasteiger partial charge in [-0.2, -0.15) is 0 Å². The second kappa shape index (κ2) is 12.1.